The van der Waals surface area contributed by atoms with Gasteiger partial charge in [-0.25, -0.2) is 9.78 Å². The number of anilines is 1. The van der Waals surface area contributed by atoms with E-state index in [-0.39, 0.29) is 0 Å². The van der Waals surface area contributed by atoms with Crippen LogP contribution in [-0.4, -0.2) is 22.1 Å². The predicted octanol–water partition coefficient (Wildman–Crippen LogP) is 3.86. The number of aromatic nitrogens is 1. The molecule has 0 aromatic carbocycles. The summed E-state index contributed by atoms with van der Waals surface area (Å²) >= 11 is 0. The van der Waals surface area contributed by atoms with E-state index in [1.165, 1.54) is 12.8 Å². The molecular formula is C15H24N2O2. The second kappa shape index (κ2) is 7.77. The number of nitrogens with one attached hydrogen (secondary N) is 1. The van der Waals surface area contributed by atoms with Gasteiger partial charge in [-0.3, -0.25) is 0 Å². The lowest BCUT2D eigenvalue weighted by Gasteiger charge is -2.19. The first-order chi connectivity index (χ1) is 9.06. The first-order valence-corrected chi connectivity index (χ1v) is 7.05. The molecule has 0 spiro atoms. The summed E-state index contributed by atoms with van der Waals surface area (Å²) < 4.78 is 0. The van der Waals surface area contributed by atoms with E-state index >= 15 is 0 Å². The molecule has 1 atom stereocenters. The number of aryl methyl sites for hydroxylation is 1. The zero-order valence-corrected chi connectivity index (χ0v) is 12.1. The lowest BCUT2D eigenvalue weighted by Crippen LogP contribution is -2.20. The highest BCUT2D eigenvalue weighted by Gasteiger charge is 2.11. The fraction of sp³-hybridized carbons (Fsp3) is 0.600. The first-order valence-electron chi connectivity index (χ1n) is 7.05. The van der Waals surface area contributed by atoms with Crippen molar-refractivity contribution in [2.45, 2.75) is 58.9 Å². The molecular weight excluding hydrogens is 240 g/mol. The van der Waals surface area contributed by atoms with Crippen molar-refractivity contribution in [3.05, 3.63) is 23.4 Å². The van der Waals surface area contributed by atoms with E-state index in [4.69, 9.17) is 5.11 Å². The van der Waals surface area contributed by atoms with E-state index in [1.807, 2.05) is 6.92 Å². The van der Waals surface area contributed by atoms with E-state index in [0.29, 0.717) is 17.4 Å². The van der Waals surface area contributed by atoms with E-state index in [2.05, 4.69) is 24.1 Å². The zero-order valence-electron chi connectivity index (χ0n) is 12.1. The van der Waals surface area contributed by atoms with Crippen LogP contribution in [0.5, 0.6) is 0 Å². The summed E-state index contributed by atoms with van der Waals surface area (Å²) in [6.45, 7) is 6.15. The number of aromatic carboxylic acids is 1. The van der Waals surface area contributed by atoms with Crippen molar-refractivity contribution in [1.29, 1.82) is 0 Å². The second-order valence-corrected chi connectivity index (χ2v) is 4.96. The number of carboxylic acids is 1. The lowest BCUT2D eigenvalue weighted by atomic mass is 10.1. The Hall–Kier alpha value is -1.58. The fourth-order valence-electron chi connectivity index (χ4n) is 2.16. The molecule has 1 rings (SSSR count). The Morgan fingerprint density at radius 1 is 1.32 bits per heavy atom. The highest BCUT2D eigenvalue weighted by atomic mass is 16.4. The third-order valence-electron chi connectivity index (χ3n) is 3.10. The molecule has 0 aliphatic carbocycles. The van der Waals surface area contributed by atoms with Gasteiger partial charge in [0.1, 0.15) is 5.82 Å². The molecule has 0 aliphatic heterocycles. The molecule has 1 unspecified atom stereocenters. The Balaban J connectivity index is 2.79. The molecule has 2 N–H and O–H groups in total. The summed E-state index contributed by atoms with van der Waals surface area (Å²) in [5, 5.41) is 12.4. The van der Waals surface area contributed by atoms with Gasteiger partial charge in [0.25, 0.3) is 0 Å². The molecule has 106 valence electrons. The normalized spacial score (nSPS) is 12.2. The molecule has 4 heteroatoms. The number of rotatable bonds is 8. The van der Waals surface area contributed by atoms with E-state index < -0.39 is 5.97 Å². The molecule has 1 aromatic heterocycles. The van der Waals surface area contributed by atoms with Gasteiger partial charge in [-0.15, -0.1) is 0 Å². The number of hydrogen-bond donors (Lipinski definition) is 2. The second-order valence-electron chi connectivity index (χ2n) is 4.96. The van der Waals surface area contributed by atoms with E-state index in [1.54, 1.807) is 12.1 Å². The van der Waals surface area contributed by atoms with Crippen LogP contribution in [0.1, 0.15) is 62.0 Å². The Bertz CT molecular complexity index is 419. The lowest BCUT2D eigenvalue weighted by molar-refractivity contribution is 0.0696. The average Bonchev–Trinajstić information content (AvgIpc) is 2.35. The summed E-state index contributed by atoms with van der Waals surface area (Å²) in [6, 6.07) is 3.58. The average molecular weight is 264 g/mol. The van der Waals surface area contributed by atoms with Gasteiger partial charge in [0.05, 0.1) is 5.56 Å². The van der Waals surface area contributed by atoms with Crippen LogP contribution in [0.15, 0.2) is 12.1 Å². The fourth-order valence-corrected chi connectivity index (χ4v) is 2.16. The maximum atomic E-state index is 11.0. The molecule has 0 fully saturated rings. The van der Waals surface area contributed by atoms with Gasteiger partial charge in [-0.05, 0) is 31.9 Å². The smallest absolute Gasteiger partial charge is 0.335 e. The van der Waals surface area contributed by atoms with Crippen molar-refractivity contribution < 1.29 is 9.90 Å². The molecule has 0 amide bonds. The number of carbonyl (C=O) groups is 1. The van der Waals surface area contributed by atoms with Crippen molar-refractivity contribution in [3.63, 3.8) is 0 Å². The van der Waals surface area contributed by atoms with Gasteiger partial charge in [0, 0.05) is 11.7 Å². The standard InChI is InChI=1S/C15H24N2O2/c1-4-6-8-13(7-5-2)17-14-10-12(15(18)19)9-11(3)16-14/h9-10,13H,4-8H2,1-3H3,(H,16,17)(H,18,19). The molecule has 1 heterocycles. The summed E-state index contributed by atoms with van der Waals surface area (Å²) in [4.78, 5) is 15.4. The minimum absolute atomic E-state index is 0.292. The van der Waals surface area contributed by atoms with Crippen LogP contribution >= 0.6 is 0 Å². The first kappa shape index (κ1) is 15.5. The van der Waals surface area contributed by atoms with Crippen LogP contribution < -0.4 is 5.32 Å². The predicted molar refractivity (Wildman–Crippen MR) is 77.8 cm³/mol. The van der Waals surface area contributed by atoms with Crippen molar-refractivity contribution >= 4 is 11.8 Å². The number of carboxylic acid groups (broad SMARTS) is 1. The van der Waals surface area contributed by atoms with Gasteiger partial charge in [0.15, 0.2) is 0 Å². The SMILES string of the molecule is CCCCC(CCC)Nc1cc(C(=O)O)cc(C)n1. The van der Waals surface area contributed by atoms with Gasteiger partial charge >= 0.3 is 5.97 Å². The third-order valence-corrected chi connectivity index (χ3v) is 3.10. The summed E-state index contributed by atoms with van der Waals surface area (Å²) in [6.07, 6.45) is 5.64. The van der Waals surface area contributed by atoms with Crippen LogP contribution in [0.25, 0.3) is 0 Å². The highest BCUT2D eigenvalue weighted by molar-refractivity contribution is 5.88. The van der Waals surface area contributed by atoms with Gasteiger partial charge < -0.3 is 10.4 Å². The molecule has 19 heavy (non-hydrogen) atoms. The molecule has 0 saturated carbocycles. The molecule has 0 bridgehead atoms. The summed E-state index contributed by atoms with van der Waals surface area (Å²) in [5.41, 5.74) is 1.02. The summed E-state index contributed by atoms with van der Waals surface area (Å²) in [5.74, 6) is -0.235. The molecule has 4 nitrogen and oxygen atoms in total. The van der Waals surface area contributed by atoms with Gasteiger partial charge in [-0.1, -0.05) is 33.1 Å². The zero-order chi connectivity index (χ0) is 14.3. The Kier molecular flexibility index (Phi) is 6.33. The molecule has 1 aromatic rings. The topological polar surface area (TPSA) is 62.2 Å². The summed E-state index contributed by atoms with van der Waals surface area (Å²) in [7, 11) is 0. The van der Waals surface area contributed by atoms with Crippen molar-refractivity contribution in [2.24, 2.45) is 0 Å². The van der Waals surface area contributed by atoms with E-state index in [9.17, 15) is 4.79 Å². The minimum Gasteiger partial charge on any atom is -0.478 e. The monoisotopic (exact) mass is 264 g/mol. The number of unbranched alkanes of at least 4 members (excludes halogenated alkanes) is 1. The van der Waals surface area contributed by atoms with Crippen molar-refractivity contribution in [3.8, 4) is 0 Å². The Labute approximate surface area is 115 Å². The maximum Gasteiger partial charge on any atom is 0.335 e. The number of nitrogens with zero attached hydrogens (tertiary/aromatic N) is 1. The quantitative estimate of drug-likeness (QED) is 0.748. The van der Waals surface area contributed by atoms with E-state index in [0.717, 1.165) is 25.0 Å². The molecule has 0 radical (unpaired) electrons. The largest absolute Gasteiger partial charge is 0.478 e. The van der Waals surface area contributed by atoms with Crippen LogP contribution in [0.4, 0.5) is 5.82 Å². The Morgan fingerprint density at radius 3 is 2.63 bits per heavy atom. The molecule has 0 saturated heterocycles. The number of hydrogen-bond acceptors (Lipinski definition) is 3. The maximum absolute atomic E-state index is 11.0. The van der Waals surface area contributed by atoms with Crippen LogP contribution in [0, 0.1) is 6.92 Å². The van der Waals surface area contributed by atoms with Gasteiger partial charge in [-0.2, -0.15) is 0 Å². The third kappa shape index (κ3) is 5.28. The van der Waals surface area contributed by atoms with Crippen LogP contribution in [0.3, 0.4) is 0 Å². The van der Waals surface area contributed by atoms with Crippen molar-refractivity contribution in [2.75, 3.05) is 5.32 Å². The highest BCUT2D eigenvalue weighted by Crippen LogP contribution is 2.16. The number of pyridine rings is 1. The molecule has 0 aliphatic rings. The Morgan fingerprint density at radius 2 is 2.05 bits per heavy atom. The van der Waals surface area contributed by atoms with Gasteiger partial charge in [0.2, 0.25) is 0 Å². The minimum atomic E-state index is -0.908. The van der Waals surface area contributed by atoms with Crippen molar-refractivity contribution in [1.82, 2.24) is 4.98 Å². The van der Waals surface area contributed by atoms with Crippen LogP contribution in [-0.2, 0) is 0 Å². The van der Waals surface area contributed by atoms with Crippen LogP contribution in [0.2, 0.25) is 0 Å².